The first-order valence-electron chi connectivity index (χ1n) is 5.22. The summed E-state index contributed by atoms with van der Waals surface area (Å²) in [7, 11) is 0. The van der Waals surface area contributed by atoms with Gasteiger partial charge in [-0.05, 0) is 41.6 Å². The Morgan fingerprint density at radius 3 is 2.94 bits per heavy atom. The summed E-state index contributed by atoms with van der Waals surface area (Å²) in [5.41, 5.74) is 6.67. The molecule has 1 aromatic carbocycles. The molecule has 0 atom stereocenters. The SMILES string of the molecule is CCOc1cccc(-c2ncc(I)c(N)n2)c1. The molecule has 5 heteroatoms. The van der Waals surface area contributed by atoms with Gasteiger partial charge >= 0.3 is 0 Å². The molecular formula is C12H12IN3O. The average Bonchev–Trinajstić information content (AvgIpc) is 2.33. The second-order valence-corrected chi connectivity index (χ2v) is 4.55. The zero-order valence-electron chi connectivity index (χ0n) is 9.35. The normalized spacial score (nSPS) is 10.2. The summed E-state index contributed by atoms with van der Waals surface area (Å²) >= 11 is 2.11. The molecule has 88 valence electrons. The monoisotopic (exact) mass is 341 g/mol. The molecule has 0 aliphatic rings. The maximum absolute atomic E-state index is 5.76. The lowest BCUT2D eigenvalue weighted by Gasteiger charge is -2.06. The minimum Gasteiger partial charge on any atom is -0.494 e. The van der Waals surface area contributed by atoms with Crippen LogP contribution in [0.15, 0.2) is 30.5 Å². The molecule has 17 heavy (non-hydrogen) atoms. The van der Waals surface area contributed by atoms with Crippen LogP contribution in [0, 0.1) is 3.57 Å². The first-order chi connectivity index (χ1) is 8.20. The molecule has 0 bridgehead atoms. The highest BCUT2D eigenvalue weighted by molar-refractivity contribution is 14.1. The molecule has 0 fully saturated rings. The Morgan fingerprint density at radius 1 is 1.41 bits per heavy atom. The molecule has 0 aliphatic carbocycles. The number of hydrogen-bond acceptors (Lipinski definition) is 4. The minimum absolute atomic E-state index is 0.498. The zero-order chi connectivity index (χ0) is 12.3. The predicted molar refractivity (Wildman–Crippen MR) is 75.8 cm³/mol. The van der Waals surface area contributed by atoms with Gasteiger partial charge in [0.05, 0.1) is 10.2 Å². The molecular weight excluding hydrogens is 329 g/mol. The van der Waals surface area contributed by atoms with Gasteiger partial charge in [-0.1, -0.05) is 12.1 Å². The lowest BCUT2D eigenvalue weighted by Crippen LogP contribution is -1.98. The average molecular weight is 341 g/mol. The van der Waals surface area contributed by atoms with Crippen molar-refractivity contribution in [2.75, 3.05) is 12.3 Å². The number of halogens is 1. The number of rotatable bonds is 3. The maximum atomic E-state index is 5.76. The van der Waals surface area contributed by atoms with E-state index in [1.54, 1.807) is 6.20 Å². The van der Waals surface area contributed by atoms with Crippen LogP contribution in [0.5, 0.6) is 5.75 Å². The number of nitrogens with two attached hydrogens (primary N) is 1. The fourth-order valence-corrected chi connectivity index (χ4v) is 1.67. The molecule has 0 spiro atoms. The fraction of sp³-hybridized carbons (Fsp3) is 0.167. The molecule has 2 N–H and O–H groups in total. The molecule has 1 aromatic heterocycles. The quantitative estimate of drug-likeness (QED) is 0.872. The highest BCUT2D eigenvalue weighted by Crippen LogP contribution is 2.22. The van der Waals surface area contributed by atoms with Crippen molar-refractivity contribution in [2.45, 2.75) is 6.92 Å². The van der Waals surface area contributed by atoms with Gasteiger partial charge in [0.2, 0.25) is 0 Å². The second kappa shape index (κ2) is 5.31. The standard InChI is InChI=1S/C12H12IN3O/c1-2-17-9-5-3-4-8(6-9)12-15-7-10(13)11(14)16-12/h3-7H,2H2,1H3,(H2,14,15,16). The van der Waals surface area contributed by atoms with Gasteiger partial charge in [0.25, 0.3) is 0 Å². The van der Waals surface area contributed by atoms with Gasteiger partial charge in [-0.25, -0.2) is 9.97 Å². The van der Waals surface area contributed by atoms with E-state index in [4.69, 9.17) is 10.5 Å². The number of aromatic nitrogens is 2. The summed E-state index contributed by atoms with van der Waals surface area (Å²) in [4.78, 5) is 8.50. The summed E-state index contributed by atoms with van der Waals surface area (Å²) in [5.74, 6) is 1.92. The third kappa shape index (κ3) is 2.85. The summed E-state index contributed by atoms with van der Waals surface area (Å²) in [5, 5.41) is 0. The maximum Gasteiger partial charge on any atom is 0.161 e. The van der Waals surface area contributed by atoms with Crippen molar-refractivity contribution in [3.63, 3.8) is 0 Å². The lowest BCUT2D eigenvalue weighted by molar-refractivity contribution is 0.340. The number of ether oxygens (including phenoxy) is 1. The van der Waals surface area contributed by atoms with E-state index in [1.807, 2.05) is 31.2 Å². The van der Waals surface area contributed by atoms with Crippen molar-refractivity contribution in [2.24, 2.45) is 0 Å². The highest BCUT2D eigenvalue weighted by Gasteiger charge is 2.05. The van der Waals surface area contributed by atoms with Crippen LogP contribution in [0.2, 0.25) is 0 Å². The van der Waals surface area contributed by atoms with E-state index in [-0.39, 0.29) is 0 Å². The van der Waals surface area contributed by atoms with E-state index in [0.29, 0.717) is 18.2 Å². The Balaban J connectivity index is 2.38. The van der Waals surface area contributed by atoms with Gasteiger partial charge in [0.15, 0.2) is 5.82 Å². The Bertz CT molecular complexity index is 531. The summed E-state index contributed by atoms with van der Waals surface area (Å²) < 4.78 is 6.29. The van der Waals surface area contributed by atoms with E-state index >= 15 is 0 Å². The summed E-state index contributed by atoms with van der Waals surface area (Å²) in [6, 6.07) is 7.66. The van der Waals surface area contributed by atoms with Crippen molar-refractivity contribution < 1.29 is 4.74 Å². The van der Waals surface area contributed by atoms with Gasteiger partial charge in [-0.3, -0.25) is 0 Å². The van der Waals surface area contributed by atoms with Gasteiger partial charge in [-0.15, -0.1) is 0 Å². The van der Waals surface area contributed by atoms with Crippen LogP contribution >= 0.6 is 22.6 Å². The number of hydrogen-bond donors (Lipinski definition) is 1. The van der Waals surface area contributed by atoms with E-state index in [9.17, 15) is 0 Å². The topological polar surface area (TPSA) is 61.0 Å². The smallest absolute Gasteiger partial charge is 0.161 e. The van der Waals surface area contributed by atoms with E-state index in [2.05, 4.69) is 32.6 Å². The number of benzene rings is 1. The molecule has 1 heterocycles. The second-order valence-electron chi connectivity index (χ2n) is 3.39. The zero-order valence-corrected chi connectivity index (χ0v) is 11.5. The molecule has 2 rings (SSSR count). The molecule has 0 radical (unpaired) electrons. The van der Waals surface area contributed by atoms with Crippen molar-refractivity contribution in [1.82, 2.24) is 9.97 Å². The van der Waals surface area contributed by atoms with Gasteiger partial charge < -0.3 is 10.5 Å². The summed E-state index contributed by atoms with van der Waals surface area (Å²) in [6.07, 6.45) is 1.71. The molecule has 0 saturated carbocycles. The van der Waals surface area contributed by atoms with Gasteiger partial charge in [0, 0.05) is 11.8 Å². The van der Waals surface area contributed by atoms with Crippen LogP contribution in [0.4, 0.5) is 5.82 Å². The Kier molecular flexibility index (Phi) is 3.78. The Labute approximate surface area is 113 Å². The minimum atomic E-state index is 0.498. The van der Waals surface area contributed by atoms with Crippen LogP contribution in [0.3, 0.4) is 0 Å². The number of nitrogen functional groups attached to an aromatic ring is 1. The largest absolute Gasteiger partial charge is 0.494 e. The summed E-state index contributed by atoms with van der Waals surface area (Å²) in [6.45, 7) is 2.59. The number of anilines is 1. The van der Waals surface area contributed by atoms with Crippen LogP contribution in [-0.2, 0) is 0 Å². The van der Waals surface area contributed by atoms with Crippen LogP contribution in [-0.4, -0.2) is 16.6 Å². The first-order valence-corrected chi connectivity index (χ1v) is 6.30. The Morgan fingerprint density at radius 2 is 2.24 bits per heavy atom. The molecule has 2 aromatic rings. The molecule has 0 saturated heterocycles. The fourth-order valence-electron chi connectivity index (χ4n) is 1.41. The van der Waals surface area contributed by atoms with Crippen LogP contribution in [0.1, 0.15) is 6.92 Å². The van der Waals surface area contributed by atoms with Gasteiger partial charge in [-0.2, -0.15) is 0 Å². The number of nitrogens with zero attached hydrogens (tertiary/aromatic N) is 2. The van der Waals surface area contributed by atoms with Crippen molar-refractivity contribution in [3.8, 4) is 17.1 Å². The van der Waals surface area contributed by atoms with Crippen LogP contribution in [0.25, 0.3) is 11.4 Å². The van der Waals surface area contributed by atoms with Crippen LogP contribution < -0.4 is 10.5 Å². The van der Waals surface area contributed by atoms with Crippen molar-refractivity contribution in [3.05, 3.63) is 34.0 Å². The Hall–Kier alpha value is -1.37. The third-order valence-electron chi connectivity index (χ3n) is 2.17. The van der Waals surface area contributed by atoms with Crippen molar-refractivity contribution in [1.29, 1.82) is 0 Å². The molecule has 0 amide bonds. The van der Waals surface area contributed by atoms with E-state index in [1.165, 1.54) is 0 Å². The molecule has 0 aliphatic heterocycles. The third-order valence-corrected chi connectivity index (χ3v) is 3.01. The van der Waals surface area contributed by atoms with E-state index in [0.717, 1.165) is 14.9 Å². The first kappa shape index (κ1) is 12.1. The van der Waals surface area contributed by atoms with Crippen molar-refractivity contribution >= 4 is 28.4 Å². The highest BCUT2D eigenvalue weighted by atomic mass is 127. The predicted octanol–water partition coefficient (Wildman–Crippen LogP) is 2.73. The van der Waals surface area contributed by atoms with Gasteiger partial charge in [0.1, 0.15) is 11.6 Å². The molecule has 0 unspecified atom stereocenters. The lowest BCUT2D eigenvalue weighted by atomic mass is 10.2. The molecule has 4 nitrogen and oxygen atoms in total. The van der Waals surface area contributed by atoms with E-state index < -0.39 is 0 Å².